The fourth-order valence-corrected chi connectivity index (χ4v) is 0.841. The molecule has 0 heterocycles. The Kier molecular flexibility index (Phi) is 5.88. The fourth-order valence-electron chi connectivity index (χ4n) is 0.841. The summed E-state index contributed by atoms with van der Waals surface area (Å²) >= 11 is 0. The Balaban J connectivity index is 3.85. The molecule has 0 aromatic carbocycles. The standard InChI is InChI=1S/C8H16N2O3/c1-4-6(8(12)13-3)10-5-7(11)9-2/h6,10H,4-5H2,1-3H3,(H,9,11). The Morgan fingerprint density at radius 2 is 2.08 bits per heavy atom. The van der Waals surface area contributed by atoms with Crippen LogP contribution in [0.1, 0.15) is 13.3 Å². The third-order valence-corrected chi connectivity index (χ3v) is 1.68. The highest BCUT2D eigenvalue weighted by Gasteiger charge is 2.16. The van der Waals surface area contributed by atoms with Gasteiger partial charge in [-0.25, -0.2) is 0 Å². The quantitative estimate of drug-likeness (QED) is 0.558. The highest BCUT2D eigenvalue weighted by molar-refractivity contribution is 5.80. The Bertz CT molecular complexity index is 182. The Hall–Kier alpha value is -1.10. The summed E-state index contributed by atoms with van der Waals surface area (Å²) in [7, 11) is 2.87. The first kappa shape index (κ1) is 11.9. The second kappa shape index (κ2) is 6.42. The molecule has 5 heteroatoms. The summed E-state index contributed by atoms with van der Waals surface area (Å²) in [5.74, 6) is -0.492. The van der Waals surface area contributed by atoms with E-state index in [1.165, 1.54) is 7.11 Å². The van der Waals surface area contributed by atoms with Gasteiger partial charge in [0.15, 0.2) is 0 Å². The van der Waals surface area contributed by atoms with Crippen molar-refractivity contribution in [3.05, 3.63) is 0 Å². The summed E-state index contributed by atoms with van der Waals surface area (Å²) in [6, 6.07) is -0.401. The van der Waals surface area contributed by atoms with Gasteiger partial charge in [-0.15, -0.1) is 0 Å². The van der Waals surface area contributed by atoms with Crippen molar-refractivity contribution in [3.8, 4) is 0 Å². The van der Waals surface area contributed by atoms with Crippen LogP contribution in [0.15, 0.2) is 0 Å². The predicted molar refractivity (Wildman–Crippen MR) is 48.2 cm³/mol. The number of esters is 1. The van der Waals surface area contributed by atoms with Crippen molar-refractivity contribution >= 4 is 11.9 Å². The van der Waals surface area contributed by atoms with Crippen molar-refractivity contribution in [2.75, 3.05) is 20.7 Å². The molecule has 0 fully saturated rings. The molecular formula is C8H16N2O3. The van der Waals surface area contributed by atoms with E-state index in [2.05, 4.69) is 15.4 Å². The minimum Gasteiger partial charge on any atom is -0.468 e. The number of hydrogen-bond donors (Lipinski definition) is 2. The van der Waals surface area contributed by atoms with Gasteiger partial charge in [0.1, 0.15) is 6.04 Å². The molecule has 0 aliphatic carbocycles. The van der Waals surface area contributed by atoms with Crippen LogP contribution in [0, 0.1) is 0 Å². The summed E-state index contributed by atoms with van der Waals surface area (Å²) in [6.45, 7) is 1.97. The van der Waals surface area contributed by atoms with Crippen LogP contribution in [0.5, 0.6) is 0 Å². The van der Waals surface area contributed by atoms with Crippen molar-refractivity contribution in [1.82, 2.24) is 10.6 Å². The second-order valence-corrected chi connectivity index (χ2v) is 2.54. The molecule has 0 aromatic rings. The molecule has 1 atom stereocenters. The smallest absolute Gasteiger partial charge is 0.322 e. The number of likely N-dealkylation sites (N-methyl/N-ethyl adjacent to an activating group) is 1. The molecule has 1 amide bonds. The van der Waals surface area contributed by atoms with Gasteiger partial charge in [-0.3, -0.25) is 14.9 Å². The first-order valence-electron chi connectivity index (χ1n) is 4.17. The molecule has 0 aromatic heterocycles. The molecular weight excluding hydrogens is 172 g/mol. The van der Waals surface area contributed by atoms with Gasteiger partial charge in [-0.2, -0.15) is 0 Å². The van der Waals surface area contributed by atoms with Crippen molar-refractivity contribution < 1.29 is 14.3 Å². The van der Waals surface area contributed by atoms with Gasteiger partial charge in [0, 0.05) is 7.05 Å². The van der Waals surface area contributed by atoms with Crippen molar-refractivity contribution in [1.29, 1.82) is 0 Å². The normalized spacial score (nSPS) is 11.9. The third kappa shape index (κ3) is 4.47. The summed E-state index contributed by atoms with van der Waals surface area (Å²) in [5, 5.41) is 5.23. The van der Waals surface area contributed by atoms with Crippen LogP contribution in [-0.2, 0) is 14.3 Å². The molecule has 0 bridgehead atoms. The number of rotatable bonds is 5. The van der Waals surface area contributed by atoms with Crippen molar-refractivity contribution in [3.63, 3.8) is 0 Å². The van der Waals surface area contributed by atoms with E-state index in [9.17, 15) is 9.59 Å². The largest absolute Gasteiger partial charge is 0.468 e. The Morgan fingerprint density at radius 3 is 2.46 bits per heavy atom. The average Bonchev–Trinajstić information content (AvgIpc) is 2.17. The van der Waals surface area contributed by atoms with E-state index in [1.807, 2.05) is 6.92 Å². The molecule has 5 nitrogen and oxygen atoms in total. The van der Waals surface area contributed by atoms with Gasteiger partial charge in [0.25, 0.3) is 0 Å². The zero-order chi connectivity index (χ0) is 10.3. The number of amides is 1. The summed E-state index contributed by atoms with van der Waals surface area (Å²) in [4.78, 5) is 21.8. The van der Waals surface area contributed by atoms with Crippen molar-refractivity contribution in [2.45, 2.75) is 19.4 Å². The number of methoxy groups -OCH3 is 1. The summed E-state index contributed by atoms with van der Waals surface area (Å²) in [6.07, 6.45) is 0.601. The van der Waals surface area contributed by atoms with Crippen LogP contribution in [0.4, 0.5) is 0 Å². The molecule has 0 saturated carbocycles. The first-order chi connectivity index (χ1) is 6.15. The molecule has 76 valence electrons. The van der Waals surface area contributed by atoms with E-state index >= 15 is 0 Å². The lowest BCUT2D eigenvalue weighted by Gasteiger charge is -2.13. The van der Waals surface area contributed by atoms with E-state index in [4.69, 9.17) is 0 Å². The topological polar surface area (TPSA) is 67.4 Å². The fraction of sp³-hybridized carbons (Fsp3) is 0.750. The number of nitrogens with one attached hydrogen (secondary N) is 2. The summed E-state index contributed by atoms with van der Waals surface area (Å²) in [5.41, 5.74) is 0. The highest BCUT2D eigenvalue weighted by Crippen LogP contribution is 1.92. The molecule has 0 saturated heterocycles. The lowest BCUT2D eigenvalue weighted by atomic mass is 10.2. The van der Waals surface area contributed by atoms with Gasteiger partial charge >= 0.3 is 5.97 Å². The van der Waals surface area contributed by atoms with E-state index in [0.29, 0.717) is 6.42 Å². The molecule has 0 radical (unpaired) electrons. The van der Waals surface area contributed by atoms with Gasteiger partial charge in [-0.05, 0) is 6.42 Å². The SMILES string of the molecule is CCC(NCC(=O)NC)C(=O)OC. The molecule has 0 aliphatic rings. The molecule has 2 N–H and O–H groups in total. The number of hydrogen-bond acceptors (Lipinski definition) is 4. The lowest BCUT2D eigenvalue weighted by Crippen LogP contribution is -2.42. The minimum absolute atomic E-state index is 0.129. The van der Waals surface area contributed by atoms with Crippen LogP contribution in [-0.4, -0.2) is 38.6 Å². The van der Waals surface area contributed by atoms with Gasteiger partial charge < -0.3 is 10.1 Å². The van der Waals surface area contributed by atoms with Gasteiger partial charge in [-0.1, -0.05) is 6.92 Å². The van der Waals surface area contributed by atoms with E-state index in [1.54, 1.807) is 7.05 Å². The zero-order valence-electron chi connectivity index (χ0n) is 8.22. The lowest BCUT2D eigenvalue weighted by molar-refractivity contribution is -0.143. The highest BCUT2D eigenvalue weighted by atomic mass is 16.5. The van der Waals surface area contributed by atoms with Gasteiger partial charge in [0.2, 0.25) is 5.91 Å². The Labute approximate surface area is 77.8 Å². The Morgan fingerprint density at radius 1 is 1.46 bits per heavy atom. The predicted octanol–water partition coefficient (Wildman–Crippen LogP) is -0.726. The zero-order valence-corrected chi connectivity index (χ0v) is 8.22. The van der Waals surface area contributed by atoms with E-state index < -0.39 is 6.04 Å². The monoisotopic (exact) mass is 188 g/mol. The van der Waals surface area contributed by atoms with Crippen LogP contribution in [0.2, 0.25) is 0 Å². The minimum atomic E-state index is -0.401. The van der Waals surface area contributed by atoms with E-state index in [0.717, 1.165) is 0 Å². The third-order valence-electron chi connectivity index (χ3n) is 1.68. The van der Waals surface area contributed by atoms with Crippen LogP contribution in [0.3, 0.4) is 0 Å². The van der Waals surface area contributed by atoms with Crippen LogP contribution >= 0.6 is 0 Å². The van der Waals surface area contributed by atoms with E-state index in [-0.39, 0.29) is 18.4 Å². The van der Waals surface area contributed by atoms with Crippen LogP contribution < -0.4 is 10.6 Å². The molecule has 0 rings (SSSR count). The number of carbonyl (C=O) groups excluding carboxylic acids is 2. The second-order valence-electron chi connectivity index (χ2n) is 2.54. The number of ether oxygens (including phenoxy) is 1. The molecule has 0 aliphatic heterocycles. The average molecular weight is 188 g/mol. The van der Waals surface area contributed by atoms with Gasteiger partial charge in [0.05, 0.1) is 13.7 Å². The molecule has 1 unspecified atom stereocenters. The maximum atomic E-state index is 11.0. The van der Waals surface area contributed by atoms with Crippen LogP contribution in [0.25, 0.3) is 0 Å². The van der Waals surface area contributed by atoms with Crippen molar-refractivity contribution in [2.24, 2.45) is 0 Å². The summed E-state index contributed by atoms with van der Waals surface area (Å²) < 4.78 is 4.54. The number of carbonyl (C=O) groups is 2. The maximum Gasteiger partial charge on any atom is 0.322 e. The molecule has 13 heavy (non-hydrogen) atoms. The molecule has 0 spiro atoms. The maximum absolute atomic E-state index is 11.0. The first-order valence-corrected chi connectivity index (χ1v) is 4.17.